The lowest BCUT2D eigenvalue weighted by atomic mass is 10.0. The van der Waals surface area contributed by atoms with Crippen LogP contribution in [0.3, 0.4) is 0 Å². The molecule has 2 saturated heterocycles. The van der Waals surface area contributed by atoms with E-state index < -0.39 is 12.1 Å². The van der Waals surface area contributed by atoms with Crippen molar-refractivity contribution in [3.05, 3.63) is 66.4 Å². The number of likely N-dealkylation sites (N-methyl/N-ethyl adjacent to an activating group) is 1. The summed E-state index contributed by atoms with van der Waals surface area (Å²) in [7, 11) is 2.20. The average Bonchev–Trinajstić information content (AvgIpc) is 3.74. The van der Waals surface area contributed by atoms with E-state index in [1.54, 1.807) is 4.90 Å². The summed E-state index contributed by atoms with van der Waals surface area (Å²) in [4.78, 5) is 40.6. The van der Waals surface area contributed by atoms with Crippen LogP contribution in [0.25, 0.3) is 10.8 Å². The first-order valence-electron chi connectivity index (χ1n) is 16.8. The molecular weight excluding hydrogens is 651 g/mol. The molecule has 11 nitrogen and oxygen atoms in total. The van der Waals surface area contributed by atoms with E-state index in [2.05, 4.69) is 76.9 Å². The number of amides is 1. The molecule has 2 atom stereocenters. The summed E-state index contributed by atoms with van der Waals surface area (Å²) in [5, 5.41) is 19.2. The molecule has 1 N–H and O–H groups in total. The predicted molar refractivity (Wildman–Crippen MR) is 181 cm³/mol. The summed E-state index contributed by atoms with van der Waals surface area (Å²) in [6.07, 6.45) is 1.70. The zero-order valence-electron chi connectivity index (χ0n) is 27.9. The third kappa shape index (κ3) is 7.19. The van der Waals surface area contributed by atoms with Gasteiger partial charge < -0.3 is 24.5 Å². The van der Waals surface area contributed by atoms with E-state index in [9.17, 15) is 23.2 Å². The standard InChI is InChI=1S/C34H39N7O2.C2HF3O2/c1-3-31(42)41-21-20-40(22-25(41)13-17-35)32-27-14-19-39(29-11-6-9-24-8-4-5-10-26(24)29)23-28(27)36-33(37-32)43-34(15-16-34)30-12-7-18-38(30)2;3-2(4,5)1(6)7/h3-6,8-11,25,30H,1,7,12-16,18-23H2,2H3;(H,6,7)/t25-,30-;/m0./s1. The summed E-state index contributed by atoms with van der Waals surface area (Å²) in [5.41, 5.74) is 3.13. The number of hydrogen-bond donors (Lipinski definition) is 1. The van der Waals surface area contributed by atoms with Crippen molar-refractivity contribution in [3.8, 4) is 12.1 Å². The molecule has 4 heterocycles. The lowest BCUT2D eigenvalue weighted by Gasteiger charge is -2.42. The van der Waals surface area contributed by atoms with Crippen LogP contribution >= 0.6 is 0 Å². The molecule has 1 amide bonds. The fourth-order valence-corrected chi connectivity index (χ4v) is 7.50. The van der Waals surface area contributed by atoms with Crippen LogP contribution in [0.5, 0.6) is 6.01 Å². The summed E-state index contributed by atoms with van der Waals surface area (Å²) < 4.78 is 38.5. The predicted octanol–water partition coefficient (Wildman–Crippen LogP) is 4.95. The van der Waals surface area contributed by atoms with Crippen molar-refractivity contribution < 1.29 is 32.6 Å². The number of aliphatic carboxylic acids is 1. The molecule has 3 aliphatic heterocycles. The van der Waals surface area contributed by atoms with Crippen molar-refractivity contribution in [2.24, 2.45) is 0 Å². The number of carbonyl (C=O) groups is 2. The normalized spacial score (nSPS) is 21.5. The Morgan fingerprint density at radius 2 is 1.84 bits per heavy atom. The minimum absolute atomic E-state index is 0.129. The molecule has 1 saturated carbocycles. The van der Waals surface area contributed by atoms with Crippen molar-refractivity contribution in [1.82, 2.24) is 19.8 Å². The van der Waals surface area contributed by atoms with Gasteiger partial charge in [-0.15, -0.1) is 0 Å². The van der Waals surface area contributed by atoms with Gasteiger partial charge in [-0.3, -0.25) is 9.69 Å². The van der Waals surface area contributed by atoms with Gasteiger partial charge in [0.2, 0.25) is 5.91 Å². The van der Waals surface area contributed by atoms with Gasteiger partial charge in [0.25, 0.3) is 0 Å². The number of rotatable bonds is 7. The highest BCUT2D eigenvalue weighted by atomic mass is 19.4. The summed E-state index contributed by atoms with van der Waals surface area (Å²) in [6, 6.07) is 17.9. The first kappa shape index (κ1) is 34.9. The van der Waals surface area contributed by atoms with Gasteiger partial charge in [0.15, 0.2) is 0 Å². The van der Waals surface area contributed by atoms with Gasteiger partial charge >= 0.3 is 18.2 Å². The summed E-state index contributed by atoms with van der Waals surface area (Å²) >= 11 is 0. The molecule has 1 aromatic heterocycles. The molecular formula is C36H40F3N7O4. The summed E-state index contributed by atoms with van der Waals surface area (Å²) in [5.74, 6) is -2.00. The van der Waals surface area contributed by atoms with E-state index in [-0.39, 0.29) is 24.0 Å². The van der Waals surface area contributed by atoms with E-state index in [1.807, 2.05) is 0 Å². The number of benzene rings is 2. The number of carboxylic acid groups (broad SMARTS) is 1. The number of halogens is 3. The van der Waals surface area contributed by atoms with E-state index in [4.69, 9.17) is 24.6 Å². The molecule has 4 aliphatic rings. The van der Waals surface area contributed by atoms with Gasteiger partial charge in [0, 0.05) is 48.9 Å². The number of nitrogens with zero attached hydrogens (tertiary/aromatic N) is 7. The Morgan fingerprint density at radius 3 is 2.50 bits per heavy atom. The quantitative estimate of drug-likeness (QED) is 0.341. The fourth-order valence-electron chi connectivity index (χ4n) is 7.50. The molecule has 7 rings (SSSR count). The van der Waals surface area contributed by atoms with Gasteiger partial charge in [-0.1, -0.05) is 43.0 Å². The number of carboxylic acids is 1. The van der Waals surface area contributed by atoms with E-state index in [0.29, 0.717) is 38.2 Å². The smallest absolute Gasteiger partial charge is 0.475 e. The van der Waals surface area contributed by atoms with Gasteiger partial charge in [-0.25, -0.2) is 4.79 Å². The minimum atomic E-state index is -5.08. The maximum absolute atomic E-state index is 12.6. The molecule has 264 valence electrons. The van der Waals surface area contributed by atoms with Crippen LogP contribution in [-0.4, -0.2) is 100 Å². The number of aromatic nitrogens is 2. The minimum Gasteiger partial charge on any atom is -0.475 e. The van der Waals surface area contributed by atoms with Gasteiger partial charge in [0.1, 0.15) is 11.4 Å². The molecule has 14 heteroatoms. The van der Waals surface area contributed by atoms with Crippen LogP contribution in [0.4, 0.5) is 24.7 Å². The number of ether oxygens (including phenoxy) is 1. The number of piperazine rings is 1. The monoisotopic (exact) mass is 691 g/mol. The third-order valence-corrected chi connectivity index (χ3v) is 10.1. The SMILES string of the molecule is C=CC(=O)N1CCN(c2nc(OC3([C@@H]4CCCN4C)CC3)nc3c2CCN(c2cccc4ccccc24)C3)C[C@@H]1CC#N.O=C(O)C(F)(F)F. The highest BCUT2D eigenvalue weighted by Gasteiger charge is 2.55. The van der Waals surface area contributed by atoms with Crippen LogP contribution in [-0.2, 0) is 22.6 Å². The maximum Gasteiger partial charge on any atom is 0.490 e. The average molecular weight is 692 g/mol. The Labute approximate surface area is 288 Å². The largest absolute Gasteiger partial charge is 0.490 e. The molecule has 50 heavy (non-hydrogen) atoms. The number of anilines is 2. The fraction of sp³-hybridized carbons (Fsp3) is 0.472. The van der Waals surface area contributed by atoms with E-state index in [0.717, 1.165) is 55.8 Å². The number of alkyl halides is 3. The number of carbonyl (C=O) groups excluding carboxylic acids is 1. The van der Waals surface area contributed by atoms with Crippen LogP contribution < -0.4 is 14.5 Å². The van der Waals surface area contributed by atoms with E-state index >= 15 is 0 Å². The Morgan fingerprint density at radius 1 is 1.10 bits per heavy atom. The number of likely N-dealkylation sites (tertiary alicyclic amines) is 1. The second-order valence-corrected chi connectivity index (χ2v) is 13.2. The van der Waals surface area contributed by atoms with Crippen molar-refractivity contribution in [1.29, 1.82) is 5.26 Å². The first-order valence-corrected chi connectivity index (χ1v) is 16.8. The second-order valence-electron chi connectivity index (χ2n) is 13.2. The van der Waals surface area contributed by atoms with Crippen LogP contribution in [0, 0.1) is 11.3 Å². The molecule has 3 fully saturated rings. The molecule has 0 radical (unpaired) electrons. The molecule has 1 aliphatic carbocycles. The zero-order chi connectivity index (χ0) is 35.6. The molecule has 0 spiro atoms. The second kappa shape index (κ2) is 14.1. The van der Waals surface area contributed by atoms with Crippen molar-refractivity contribution >= 4 is 34.2 Å². The van der Waals surface area contributed by atoms with Crippen LogP contribution in [0.1, 0.15) is 43.4 Å². The highest BCUT2D eigenvalue weighted by Crippen LogP contribution is 2.48. The maximum atomic E-state index is 12.6. The number of nitriles is 1. The van der Waals surface area contributed by atoms with Crippen molar-refractivity contribution in [2.75, 3.05) is 49.6 Å². The zero-order valence-corrected chi connectivity index (χ0v) is 27.9. The van der Waals surface area contributed by atoms with E-state index in [1.165, 1.54) is 29.0 Å². The Bertz CT molecular complexity index is 1800. The first-order chi connectivity index (χ1) is 23.9. The Kier molecular flexibility index (Phi) is 9.89. The van der Waals surface area contributed by atoms with Gasteiger partial charge in [0.05, 0.1) is 30.8 Å². The summed E-state index contributed by atoms with van der Waals surface area (Å²) in [6.45, 7) is 7.98. The number of fused-ring (bicyclic) bond motifs is 2. The molecule has 0 unspecified atom stereocenters. The third-order valence-electron chi connectivity index (χ3n) is 10.1. The van der Waals surface area contributed by atoms with Gasteiger partial charge in [-0.2, -0.15) is 28.4 Å². The Balaban J connectivity index is 0.000000561. The molecule has 2 aromatic carbocycles. The highest BCUT2D eigenvalue weighted by molar-refractivity contribution is 5.94. The van der Waals surface area contributed by atoms with Crippen molar-refractivity contribution in [2.45, 2.75) is 68.9 Å². The molecule has 0 bridgehead atoms. The van der Waals surface area contributed by atoms with Crippen LogP contribution in [0.2, 0.25) is 0 Å². The topological polar surface area (TPSA) is 126 Å². The van der Waals surface area contributed by atoms with Gasteiger partial charge in [-0.05, 0) is 63.2 Å². The lowest BCUT2D eigenvalue weighted by Crippen LogP contribution is -2.55. The number of hydrogen-bond acceptors (Lipinski definition) is 9. The Hall–Kier alpha value is -4.90. The lowest BCUT2D eigenvalue weighted by molar-refractivity contribution is -0.192. The molecule has 3 aromatic rings. The van der Waals surface area contributed by atoms with Crippen molar-refractivity contribution in [3.63, 3.8) is 0 Å². The van der Waals surface area contributed by atoms with Crippen LogP contribution in [0.15, 0.2) is 55.1 Å².